The topological polar surface area (TPSA) is 55.4 Å². The Labute approximate surface area is 631 Å². The van der Waals surface area contributed by atoms with Crippen LogP contribution in [0.2, 0.25) is 0 Å². The SMILES string of the molecule is CCCCCCCCOc1c(OCCCCCCCC)c2ccc(C#Cc3ccc4c(OCCCCCCCC)c(OCCCCCCCC)c5ccc(C#Cc6ccc7c(OCCCCCCCC)c(OCCCCCCCC)c8ccc(Br)cc8c7c6)cc5c4c3)cc2c2cc(Br)ccc12. The normalized spacial score (nSPS) is 11.5. The molecular weight excluding hydrogens is 1380 g/mol. The highest BCUT2D eigenvalue weighted by Crippen LogP contribution is 2.48. The van der Waals surface area contributed by atoms with Gasteiger partial charge in [0.05, 0.1) is 39.6 Å². The van der Waals surface area contributed by atoms with E-state index >= 15 is 0 Å². The molecule has 0 radical (unpaired) electrons. The van der Waals surface area contributed by atoms with Crippen molar-refractivity contribution in [2.75, 3.05) is 39.6 Å². The molecule has 0 fully saturated rings. The van der Waals surface area contributed by atoms with Crippen LogP contribution in [0.5, 0.6) is 34.5 Å². The van der Waals surface area contributed by atoms with E-state index in [0.29, 0.717) is 39.6 Å². The number of ether oxygens (including phenoxy) is 6. The van der Waals surface area contributed by atoms with Crippen LogP contribution in [0.1, 0.15) is 295 Å². The molecule has 0 atom stereocenters. The van der Waals surface area contributed by atoms with Gasteiger partial charge in [-0.15, -0.1) is 0 Å². The molecule has 9 rings (SSSR count). The van der Waals surface area contributed by atoms with E-state index in [9.17, 15) is 0 Å². The fourth-order valence-electron chi connectivity index (χ4n) is 14.3. The highest BCUT2D eigenvalue weighted by molar-refractivity contribution is 9.10. The molecule has 102 heavy (non-hydrogen) atoms. The monoisotopic (exact) mass is 1500 g/mol. The lowest BCUT2D eigenvalue weighted by Gasteiger charge is -2.19. The van der Waals surface area contributed by atoms with Crippen LogP contribution in [0.15, 0.2) is 118 Å². The number of unbranched alkanes of at least 4 members (excludes halogenated alkanes) is 30. The summed E-state index contributed by atoms with van der Waals surface area (Å²) in [6, 6.07) is 39.6. The van der Waals surface area contributed by atoms with Crippen molar-refractivity contribution in [3.8, 4) is 58.2 Å². The number of hydrogen-bond donors (Lipinski definition) is 0. The summed E-state index contributed by atoms with van der Waals surface area (Å²) in [5.74, 6) is 19.6. The lowest BCUT2D eigenvalue weighted by atomic mass is 9.96. The molecule has 0 heterocycles. The molecule has 9 aromatic rings. The van der Waals surface area contributed by atoms with Crippen LogP contribution >= 0.6 is 31.9 Å². The van der Waals surface area contributed by atoms with E-state index in [0.717, 1.165) is 207 Å². The van der Waals surface area contributed by atoms with Crippen molar-refractivity contribution in [1.82, 2.24) is 0 Å². The van der Waals surface area contributed by atoms with Gasteiger partial charge in [0, 0.05) is 63.5 Å². The van der Waals surface area contributed by atoms with Crippen LogP contribution in [-0.2, 0) is 0 Å². The molecule has 0 aliphatic heterocycles. The summed E-state index contributed by atoms with van der Waals surface area (Å²) in [5.41, 5.74) is 3.69. The minimum Gasteiger partial charge on any atom is -0.489 e. The predicted octanol–water partition coefficient (Wildman–Crippen LogP) is 29.4. The Morgan fingerprint density at radius 2 is 0.363 bits per heavy atom. The fourth-order valence-corrected chi connectivity index (χ4v) is 15.0. The van der Waals surface area contributed by atoms with Crippen LogP contribution in [0.25, 0.3) is 64.6 Å². The van der Waals surface area contributed by atoms with Gasteiger partial charge in [-0.05, 0) is 180 Å². The van der Waals surface area contributed by atoms with E-state index in [1.165, 1.54) is 154 Å². The standard InChI is InChI=1S/C94H120Br2O6/c1-7-13-19-25-31-37-59-97-89-77-53-47-71(43-45-73-49-55-79-85(67-73)87-69-75(95)51-57-81(87)93(101-63-41-35-29-23-17-11-5)91(79)99-61-39-33-27-21-15-9-3)65-83(77)84-66-72(48-54-78(84)90(89)98-60-38-32-26-20-14-8-2)44-46-74-50-56-80-86(68-74)88-70-76(96)52-58-82(88)94(102-64-42-36-30-24-18-12-6)92(80)100-62-40-34-28-22-16-10-4/h47-58,65-70H,7-42,59-64H2,1-6H3. The van der Waals surface area contributed by atoms with Gasteiger partial charge in [0.25, 0.3) is 0 Å². The van der Waals surface area contributed by atoms with Crippen LogP contribution in [0.3, 0.4) is 0 Å². The molecule has 0 unspecified atom stereocenters. The van der Waals surface area contributed by atoms with Gasteiger partial charge in [-0.3, -0.25) is 0 Å². The molecule has 0 saturated heterocycles. The fraction of sp³-hybridized carbons (Fsp3) is 0.511. The number of halogens is 2. The van der Waals surface area contributed by atoms with Gasteiger partial charge in [-0.25, -0.2) is 0 Å². The molecule has 0 aromatic heterocycles. The largest absolute Gasteiger partial charge is 0.489 e. The summed E-state index contributed by atoms with van der Waals surface area (Å²) in [6.45, 7) is 17.5. The molecule has 9 aromatic carbocycles. The van der Waals surface area contributed by atoms with Crippen molar-refractivity contribution >= 4 is 96.5 Å². The quantitative estimate of drug-likeness (QED) is 0.0215. The summed E-state index contributed by atoms with van der Waals surface area (Å²) in [7, 11) is 0. The van der Waals surface area contributed by atoms with E-state index in [1.807, 2.05) is 0 Å². The molecular formula is C94H120Br2O6. The Morgan fingerprint density at radius 3 is 0.559 bits per heavy atom. The third kappa shape index (κ3) is 23.7. The van der Waals surface area contributed by atoms with Gasteiger partial charge in [0.15, 0.2) is 34.5 Å². The zero-order chi connectivity index (χ0) is 71.4. The second-order valence-corrected chi connectivity index (χ2v) is 30.4. The minimum atomic E-state index is 0.620. The van der Waals surface area contributed by atoms with Crippen LogP contribution in [-0.4, -0.2) is 39.6 Å². The zero-order valence-electron chi connectivity index (χ0n) is 63.3. The lowest BCUT2D eigenvalue weighted by Crippen LogP contribution is -2.04. The first-order chi connectivity index (χ1) is 50.3. The van der Waals surface area contributed by atoms with Gasteiger partial charge >= 0.3 is 0 Å². The summed E-state index contributed by atoms with van der Waals surface area (Å²) < 4.78 is 43.5. The Kier molecular flexibility index (Phi) is 35.0. The third-order valence-corrected chi connectivity index (χ3v) is 21.2. The number of rotatable bonds is 48. The molecule has 0 spiro atoms. The van der Waals surface area contributed by atoms with Crippen molar-refractivity contribution in [2.24, 2.45) is 0 Å². The summed E-state index contributed by atoms with van der Waals surface area (Å²) in [5, 5.41) is 12.8. The molecule has 0 N–H and O–H groups in total. The third-order valence-electron chi connectivity index (χ3n) is 20.2. The summed E-state index contributed by atoms with van der Waals surface area (Å²) in [4.78, 5) is 0. The molecule has 0 saturated carbocycles. The first kappa shape index (κ1) is 79.5. The molecule has 546 valence electrons. The van der Waals surface area contributed by atoms with Crippen molar-refractivity contribution in [3.05, 3.63) is 140 Å². The minimum absolute atomic E-state index is 0.620. The van der Waals surface area contributed by atoms with E-state index in [2.05, 4.69) is 206 Å². The molecule has 8 heteroatoms. The van der Waals surface area contributed by atoms with Gasteiger partial charge in [0.2, 0.25) is 0 Å². The Bertz CT molecular complexity index is 3910. The first-order valence-electron chi connectivity index (χ1n) is 40.5. The van der Waals surface area contributed by atoms with Crippen molar-refractivity contribution < 1.29 is 28.4 Å². The highest BCUT2D eigenvalue weighted by Gasteiger charge is 2.23. The maximum absolute atomic E-state index is 7.02. The maximum atomic E-state index is 7.02. The second kappa shape index (κ2) is 44.9. The lowest BCUT2D eigenvalue weighted by molar-refractivity contribution is 0.263. The van der Waals surface area contributed by atoms with Crippen LogP contribution < -0.4 is 28.4 Å². The first-order valence-corrected chi connectivity index (χ1v) is 42.1. The molecule has 0 aliphatic carbocycles. The average Bonchev–Trinajstić information content (AvgIpc) is 0.763. The smallest absolute Gasteiger partial charge is 0.169 e. The Morgan fingerprint density at radius 1 is 0.196 bits per heavy atom. The molecule has 6 nitrogen and oxygen atoms in total. The Balaban J connectivity index is 1.12. The predicted molar refractivity (Wildman–Crippen MR) is 445 cm³/mol. The Hall–Kier alpha value is -6.58. The highest BCUT2D eigenvalue weighted by atomic mass is 79.9. The summed E-state index contributed by atoms with van der Waals surface area (Å²) in [6.07, 6.45) is 43.1. The van der Waals surface area contributed by atoms with Crippen molar-refractivity contribution in [2.45, 2.75) is 273 Å². The van der Waals surface area contributed by atoms with Gasteiger partial charge in [-0.1, -0.05) is 290 Å². The van der Waals surface area contributed by atoms with Crippen molar-refractivity contribution in [1.29, 1.82) is 0 Å². The van der Waals surface area contributed by atoms with Crippen LogP contribution in [0, 0.1) is 23.7 Å². The van der Waals surface area contributed by atoms with E-state index < -0.39 is 0 Å². The van der Waals surface area contributed by atoms with Crippen molar-refractivity contribution in [3.63, 3.8) is 0 Å². The molecule has 0 aliphatic rings. The van der Waals surface area contributed by atoms with E-state index in [1.54, 1.807) is 0 Å². The van der Waals surface area contributed by atoms with Gasteiger partial charge in [-0.2, -0.15) is 0 Å². The second-order valence-electron chi connectivity index (χ2n) is 28.6. The number of hydrogen-bond acceptors (Lipinski definition) is 6. The number of fused-ring (bicyclic) bond motifs is 9. The molecule has 0 amide bonds. The van der Waals surface area contributed by atoms with Gasteiger partial charge < -0.3 is 28.4 Å². The average molecular weight is 1510 g/mol. The van der Waals surface area contributed by atoms with Crippen LogP contribution in [0.4, 0.5) is 0 Å². The van der Waals surface area contributed by atoms with E-state index in [-0.39, 0.29) is 0 Å². The van der Waals surface area contributed by atoms with E-state index in [4.69, 9.17) is 28.4 Å². The number of benzene rings is 9. The summed E-state index contributed by atoms with van der Waals surface area (Å²) >= 11 is 7.70. The van der Waals surface area contributed by atoms with Gasteiger partial charge in [0.1, 0.15) is 0 Å². The zero-order valence-corrected chi connectivity index (χ0v) is 66.5. The molecule has 0 bridgehead atoms. The maximum Gasteiger partial charge on any atom is 0.169 e.